The fourth-order valence-corrected chi connectivity index (χ4v) is 4.73. The molecule has 0 amide bonds. The van der Waals surface area contributed by atoms with Gasteiger partial charge in [0.2, 0.25) is 0 Å². The summed E-state index contributed by atoms with van der Waals surface area (Å²) in [6.07, 6.45) is 3.59. The van der Waals surface area contributed by atoms with Crippen molar-refractivity contribution in [2.75, 3.05) is 39.6 Å². The summed E-state index contributed by atoms with van der Waals surface area (Å²) >= 11 is 0. The smallest absolute Gasteiger partial charge is 0.460 e. The van der Waals surface area contributed by atoms with Crippen molar-refractivity contribution in [2.24, 2.45) is 0 Å². The van der Waals surface area contributed by atoms with Gasteiger partial charge in [0.15, 0.2) is 0 Å². The Morgan fingerprint density at radius 2 is 1.36 bits per heavy atom. The van der Waals surface area contributed by atoms with Crippen LogP contribution in [0.1, 0.15) is 53.4 Å². The second kappa shape index (κ2) is 15.5. The SMILES string of the molecule is C=C(C)C(=O)OCCOCCC[Si](OCCC)(OCCC)OCCC. The Kier molecular flexibility index (Phi) is 15.1. The lowest BCUT2D eigenvalue weighted by molar-refractivity contribution is -0.140. The van der Waals surface area contributed by atoms with Crippen LogP contribution in [0.2, 0.25) is 6.04 Å². The number of carbonyl (C=O) groups excluding carboxylic acids is 1. The summed E-state index contributed by atoms with van der Waals surface area (Å²) in [6, 6.07) is 0.735. The van der Waals surface area contributed by atoms with Crippen molar-refractivity contribution in [3.8, 4) is 0 Å². The van der Waals surface area contributed by atoms with Gasteiger partial charge in [0.25, 0.3) is 0 Å². The van der Waals surface area contributed by atoms with Gasteiger partial charge in [-0.3, -0.25) is 0 Å². The normalized spacial score (nSPS) is 11.5. The van der Waals surface area contributed by atoms with Crippen molar-refractivity contribution in [1.82, 2.24) is 0 Å². The van der Waals surface area contributed by atoms with Gasteiger partial charge >= 0.3 is 14.8 Å². The quantitative estimate of drug-likeness (QED) is 0.167. The van der Waals surface area contributed by atoms with Gasteiger partial charge in [-0.25, -0.2) is 4.79 Å². The number of rotatable bonds is 17. The van der Waals surface area contributed by atoms with Gasteiger partial charge in [-0.15, -0.1) is 0 Å². The van der Waals surface area contributed by atoms with E-state index in [1.165, 1.54) is 0 Å². The van der Waals surface area contributed by atoms with Crippen molar-refractivity contribution < 1.29 is 27.5 Å². The van der Waals surface area contributed by atoms with Crippen LogP contribution in [0.25, 0.3) is 0 Å². The molecule has 0 fully saturated rings. The Labute approximate surface area is 154 Å². The molecule has 7 heteroatoms. The lowest BCUT2D eigenvalue weighted by Crippen LogP contribution is -2.46. The molecule has 0 heterocycles. The third-order valence-electron chi connectivity index (χ3n) is 3.16. The highest BCUT2D eigenvalue weighted by Gasteiger charge is 2.40. The predicted molar refractivity (Wildman–Crippen MR) is 100 cm³/mol. The van der Waals surface area contributed by atoms with Gasteiger partial charge in [-0.1, -0.05) is 27.4 Å². The molecule has 0 aromatic carbocycles. The summed E-state index contributed by atoms with van der Waals surface area (Å²) in [4.78, 5) is 11.2. The monoisotopic (exact) mass is 376 g/mol. The maximum atomic E-state index is 11.2. The van der Waals surface area contributed by atoms with Crippen LogP contribution in [0.5, 0.6) is 0 Å². The first-order valence-electron chi connectivity index (χ1n) is 9.33. The molecule has 0 spiro atoms. The summed E-state index contributed by atoms with van der Waals surface area (Å²) in [6.45, 7) is 14.5. The van der Waals surface area contributed by atoms with Crippen LogP contribution < -0.4 is 0 Å². The molecule has 148 valence electrons. The molecule has 0 aromatic heterocycles. The first-order chi connectivity index (χ1) is 12.0. The van der Waals surface area contributed by atoms with Crippen molar-refractivity contribution in [2.45, 2.75) is 59.4 Å². The van der Waals surface area contributed by atoms with Gasteiger partial charge in [0, 0.05) is 38.0 Å². The molecule has 6 nitrogen and oxygen atoms in total. The zero-order valence-corrected chi connectivity index (χ0v) is 17.4. The third kappa shape index (κ3) is 12.3. The van der Waals surface area contributed by atoms with Crippen molar-refractivity contribution >= 4 is 14.8 Å². The minimum absolute atomic E-state index is 0.235. The van der Waals surface area contributed by atoms with Gasteiger partial charge in [-0.05, 0) is 32.6 Å². The number of ether oxygens (including phenoxy) is 2. The van der Waals surface area contributed by atoms with E-state index in [0.717, 1.165) is 31.7 Å². The second-order valence-corrected chi connectivity index (χ2v) is 8.59. The van der Waals surface area contributed by atoms with Crippen LogP contribution in [0.15, 0.2) is 12.2 Å². The molecule has 0 saturated heterocycles. The highest BCUT2D eigenvalue weighted by Crippen LogP contribution is 2.19. The fourth-order valence-electron chi connectivity index (χ4n) is 1.92. The molecule has 0 aromatic rings. The molecule has 0 aliphatic carbocycles. The minimum Gasteiger partial charge on any atom is -0.460 e. The minimum atomic E-state index is -2.64. The van der Waals surface area contributed by atoms with Crippen LogP contribution >= 0.6 is 0 Å². The standard InChI is InChI=1S/C18H36O6Si/c1-6-10-22-25(23-11-7-2,24-12-8-3)16-9-13-20-14-15-21-18(19)17(4)5/h4,6-16H2,1-3,5H3. The maximum Gasteiger partial charge on any atom is 0.501 e. The molecular formula is C18H36O6Si. The summed E-state index contributed by atoms with van der Waals surface area (Å²) in [5.74, 6) is -0.385. The number of hydrogen-bond donors (Lipinski definition) is 0. The van der Waals surface area contributed by atoms with Crippen LogP contribution in [0, 0.1) is 0 Å². The van der Waals surface area contributed by atoms with Crippen molar-refractivity contribution in [1.29, 1.82) is 0 Å². The molecule has 0 bridgehead atoms. The Bertz CT molecular complexity index is 340. The number of hydrogen-bond acceptors (Lipinski definition) is 6. The van der Waals surface area contributed by atoms with Gasteiger partial charge < -0.3 is 22.8 Å². The van der Waals surface area contributed by atoms with Crippen LogP contribution in [-0.4, -0.2) is 54.4 Å². The largest absolute Gasteiger partial charge is 0.501 e. The molecule has 0 unspecified atom stereocenters. The fraction of sp³-hybridized carbons (Fsp3) is 0.833. The first kappa shape index (κ1) is 24.3. The molecule has 25 heavy (non-hydrogen) atoms. The highest BCUT2D eigenvalue weighted by atomic mass is 28.4. The average molecular weight is 377 g/mol. The summed E-state index contributed by atoms with van der Waals surface area (Å²) in [5.41, 5.74) is 0.394. The lowest BCUT2D eigenvalue weighted by atomic mass is 10.4. The van der Waals surface area contributed by atoms with Crippen LogP contribution in [-0.2, 0) is 27.5 Å². The van der Waals surface area contributed by atoms with Gasteiger partial charge in [0.05, 0.1) is 6.61 Å². The van der Waals surface area contributed by atoms with E-state index in [0.29, 0.717) is 38.6 Å². The van der Waals surface area contributed by atoms with Crippen LogP contribution in [0.4, 0.5) is 0 Å². The molecule has 0 aliphatic rings. The molecule has 0 rings (SSSR count). The Morgan fingerprint density at radius 1 is 0.840 bits per heavy atom. The molecule has 0 N–H and O–H groups in total. The Balaban J connectivity index is 4.21. The topological polar surface area (TPSA) is 63.2 Å². The van der Waals surface area contributed by atoms with E-state index in [4.69, 9.17) is 22.8 Å². The van der Waals surface area contributed by atoms with Gasteiger partial charge in [-0.2, -0.15) is 0 Å². The third-order valence-corrected chi connectivity index (χ3v) is 6.06. The Hall–Kier alpha value is -0.733. The summed E-state index contributed by atoms with van der Waals surface area (Å²) in [7, 11) is -2.64. The lowest BCUT2D eigenvalue weighted by Gasteiger charge is -2.29. The number of esters is 1. The van der Waals surface area contributed by atoms with Gasteiger partial charge in [0.1, 0.15) is 6.61 Å². The second-order valence-electron chi connectivity index (χ2n) is 5.86. The predicted octanol–water partition coefficient (Wildman–Crippen LogP) is 3.73. The Morgan fingerprint density at radius 3 is 1.80 bits per heavy atom. The van der Waals surface area contributed by atoms with E-state index >= 15 is 0 Å². The summed E-state index contributed by atoms with van der Waals surface area (Å²) in [5, 5.41) is 0. The molecule has 0 atom stereocenters. The van der Waals surface area contributed by atoms with E-state index in [-0.39, 0.29) is 12.6 Å². The van der Waals surface area contributed by atoms with Crippen LogP contribution in [0.3, 0.4) is 0 Å². The van der Waals surface area contributed by atoms with E-state index in [1.54, 1.807) is 6.92 Å². The number of carbonyl (C=O) groups is 1. The zero-order chi connectivity index (χ0) is 19.0. The maximum absolute atomic E-state index is 11.2. The van der Waals surface area contributed by atoms with Crippen molar-refractivity contribution in [3.63, 3.8) is 0 Å². The average Bonchev–Trinajstić information content (AvgIpc) is 2.61. The van der Waals surface area contributed by atoms with E-state index in [2.05, 4.69) is 27.4 Å². The first-order valence-corrected chi connectivity index (χ1v) is 11.3. The highest BCUT2D eigenvalue weighted by molar-refractivity contribution is 6.60. The molecule has 0 aliphatic heterocycles. The molecule has 0 radical (unpaired) electrons. The van der Waals surface area contributed by atoms with E-state index in [1.807, 2.05) is 0 Å². The van der Waals surface area contributed by atoms with E-state index in [9.17, 15) is 4.79 Å². The molecule has 0 saturated carbocycles. The molecular weight excluding hydrogens is 340 g/mol. The van der Waals surface area contributed by atoms with E-state index < -0.39 is 8.80 Å². The zero-order valence-electron chi connectivity index (χ0n) is 16.4. The van der Waals surface area contributed by atoms with Crippen molar-refractivity contribution in [3.05, 3.63) is 12.2 Å². The summed E-state index contributed by atoms with van der Waals surface area (Å²) < 4.78 is 28.6.